The van der Waals surface area contributed by atoms with E-state index in [-0.39, 0.29) is 30.5 Å². The van der Waals surface area contributed by atoms with Crippen LogP contribution in [0.4, 0.5) is 0 Å². The van der Waals surface area contributed by atoms with Crippen LogP contribution < -0.4 is 4.74 Å². The molecule has 2 aliphatic rings. The SMILES string of the molecule is CCS(=O)(=O)N1C[C@@H]2CN(C(=O)Cc3ccc(OC)cc3)C[C@]2(c2nc(C)no2)C1. The number of sulfonamides is 1. The van der Waals surface area contributed by atoms with Crippen molar-refractivity contribution < 1.29 is 22.5 Å². The number of nitrogens with zero attached hydrogens (tertiary/aromatic N) is 4. The molecule has 1 aromatic carbocycles. The number of hydrogen-bond acceptors (Lipinski definition) is 7. The third-order valence-corrected chi connectivity index (χ3v) is 7.95. The van der Waals surface area contributed by atoms with Gasteiger partial charge in [0.05, 0.1) is 24.7 Å². The fourth-order valence-corrected chi connectivity index (χ4v) is 5.63. The summed E-state index contributed by atoms with van der Waals surface area (Å²) >= 11 is 0. The zero-order valence-corrected chi connectivity index (χ0v) is 18.2. The van der Waals surface area contributed by atoms with E-state index in [1.54, 1.807) is 25.9 Å². The number of carbonyl (C=O) groups excluding carboxylic acids is 1. The molecule has 9 nitrogen and oxygen atoms in total. The van der Waals surface area contributed by atoms with Gasteiger partial charge in [0.15, 0.2) is 5.82 Å². The lowest BCUT2D eigenvalue weighted by Gasteiger charge is -2.25. The largest absolute Gasteiger partial charge is 0.497 e. The van der Waals surface area contributed by atoms with E-state index >= 15 is 0 Å². The number of methoxy groups -OCH3 is 1. The van der Waals surface area contributed by atoms with Crippen molar-refractivity contribution in [3.8, 4) is 5.75 Å². The van der Waals surface area contributed by atoms with Crippen LogP contribution in [-0.4, -0.2) is 72.7 Å². The Balaban J connectivity index is 1.56. The molecule has 2 fully saturated rings. The van der Waals surface area contributed by atoms with Gasteiger partial charge in [-0.15, -0.1) is 0 Å². The number of aryl methyl sites for hydroxylation is 1. The number of benzene rings is 1. The third-order valence-electron chi connectivity index (χ3n) is 6.16. The topological polar surface area (TPSA) is 106 Å². The molecule has 10 heteroatoms. The van der Waals surface area contributed by atoms with Crippen molar-refractivity contribution in [1.82, 2.24) is 19.3 Å². The zero-order chi connectivity index (χ0) is 21.5. The highest BCUT2D eigenvalue weighted by Crippen LogP contribution is 2.45. The van der Waals surface area contributed by atoms with E-state index < -0.39 is 15.4 Å². The van der Waals surface area contributed by atoms with Crippen LogP contribution in [0.2, 0.25) is 0 Å². The Hall–Kier alpha value is -2.46. The second-order valence-electron chi connectivity index (χ2n) is 7.99. The van der Waals surface area contributed by atoms with Crippen LogP contribution in [0.1, 0.15) is 24.2 Å². The molecular weight excluding hydrogens is 408 g/mol. The average molecular weight is 435 g/mol. The maximum Gasteiger partial charge on any atom is 0.236 e. The number of carbonyl (C=O) groups is 1. The van der Waals surface area contributed by atoms with Crippen LogP contribution in [0.25, 0.3) is 0 Å². The van der Waals surface area contributed by atoms with E-state index in [1.807, 2.05) is 24.3 Å². The Bertz CT molecular complexity index is 1040. The molecule has 0 N–H and O–H groups in total. The summed E-state index contributed by atoms with van der Waals surface area (Å²) in [5.74, 6) is 1.61. The fraction of sp³-hybridized carbons (Fsp3) is 0.550. The van der Waals surface area contributed by atoms with Crippen molar-refractivity contribution in [3.05, 3.63) is 41.5 Å². The maximum absolute atomic E-state index is 13.0. The van der Waals surface area contributed by atoms with Crippen molar-refractivity contribution in [1.29, 1.82) is 0 Å². The van der Waals surface area contributed by atoms with Gasteiger partial charge in [0, 0.05) is 32.1 Å². The van der Waals surface area contributed by atoms with Crippen LogP contribution in [-0.2, 0) is 26.7 Å². The Morgan fingerprint density at radius 1 is 1.27 bits per heavy atom. The van der Waals surface area contributed by atoms with Gasteiger partial charge in [0.1, 0.15) is 5.75 Å². The highest BCUT2D eigenvalue weighted by molar-refractivity contribution is 7.89. The third kappa shape index (κ3) is 3.58. The van der Waals surface area contributed by atoms with Gasteiger partial charge in [0.2, 0.25) is 21.8 Å². The van der Waals surface area contributed by atoms with Crippen LogP contribution in [0.3, 0.4) is 0 Å². The normalized spacial score (nSPS) is 24.2. The Labute approximate surface area is 176 Å². The Morgan fingerprint density at radius 2 is 2.00 bits per heavy atom. The lowest BCUT2D eigenvalue weighted by molar-refractivity contribution is -0.129. The molecule has 162 valence electrons. The van der Waals surface area contributed by atoms with E-state index in [4.69, 9.17) is 9.26 Å². The minimum Gasteiger partial charge on any atom is -0.497 e. The lowest BCUT2D eigenvalue weighted by atomic mass is 9.81. The van der Waals surface area contributed by atoms with Crippen molar-refractivity contribution in [2.75, 3.05) is 39.0 Å². The first-order valence-electron chi connectivity index (χ1n) is 9.96. The molecule has 0 saturated carbocycles. The molecule has 2 saturated heterocycles. The summed E-state index contributed by atoms with van der Waals surface area (Å²) in [5.41, 5.74) is 0.231. The number of likely N-dealkylation sites (tertiary alicyclic amines) is 1. The molecule has 0 unspecified atom stereocenters. The highest BCUT2D eigenvalue weighted by atomic mass is 32.2. The molecule has 0 spiro atoms. The molecule has 0 radical (unpaired) electrons. The molecule has 2 atom stereocenters. The van der Waals surface area contributed by atoms with Crippen LogP contribution in [0.5, 0.6) is 5.75 Å². The van der Waals surface area contributed by atoms with Crippen molar-refractivity contribution in [2.45, 2.75) is 25.7 Å². The fourth-order valence-electron chi connectivity index (χ4n) is 4.44. The molecule has 3 heterocycles. The smallest absolute Gasteiger partial charge is 0.236 e. The summed E-state index contributed by atoms with van der Waals surface area (Å²) in [6, 6.07) is 7.41. The van der Waals surface area contributed by atoms with Gasteiger partial charge in [-0.1, -0.05) is 17.3 Å². The molecule has 4 rings (SSSR count). The number of ether oxygens (including phenoxy) is 1. The van der Waals surface area contributed by atoms with E-state index in [2.05, 4.69) is 10.1 Å². The van der Waals surface area contributed by atoms with Gasteiger partial charge in [-0.05, 0) is 31.5 Å². The second-order valence-corrected chi connectivity index (χ2v) is 10.2. The molecule has 1 aromatic heterocycles. The van der Waals surface area contributed by atoms with E-state index in [0.29, 0.717) is 31.3 Å². The minimum absolute atomic E-state index is 0.00456. The number of amides is 1. The minimum atomic E-state index is -3.34. The molecule has 2 aromatic rings. The number of aromatic nitrogens is 2. The zero-order valence-electron chi connectivity index (χ0n) is 17.4. The first-order chi connectivity index (χ1) is 14.3. The molecular formula is C20H26N4O5S. The van der Waals surface area contributed by atoms with Gasteiger partial charge in [-0.25, -0.2) is 12.7 Å². The number of fused-ring (bicyclic) bond motifs is 1. The summed E-state index contributed by atoms with van der Waals surface area (Å²) in [6.07, 6.45) is 0.270. The number of hydrogen-bond donors (Lipinski definition) is 0. The first-order valence-corrected chi connectivity index (χ1v) is 11.6. The predicted molar refractivity (Wildman–Crippen MR) is 109 cm³/mol. The van der Waals surface area contributed by atoms with Gasteiger partial charge in [0.25, 0.3) is 0 Å². The quantitative estimate of drug-likeness (QED) is 0.667. The average Bonchev–Trinajstić information content (AvgIpc) is 3.41. The van der Waals surface area contributed by atoms with Gasteiger partial charge in [-0.3, -0.25) is 4.79 Å². The van der Waals surface area contributed by atoms with Gasteiger partial charge >= 0.3 is 0 Å². The second kappa shape index (κ2) is 7.66. The van der Waals surface area contributed by atoms with Crippen LogP contribution >= 0.6 is 0 Å². The van der Waals surface area contributed by atoms with Crippen molar-refractivity contribution in [2.24, 2.45) is 5.92 Å². The van der Waals surface area contributed by atoms with E-state index in [1.165, 1.54) is 4.31 Å². The Morgan fingerprint density at radius 3 is 2.60 bits per heavy atom. The summed E-state index contributed by atoms with van der Waals surface area (Å²) in [4.78, 5) is 19.2. The highest BCUT2D eigenvalue weighted by Gasteiger charge is 2.59. The lowest BCUT2D eigenvalue weighted by Crippen LogP contribution is -2.42. The standard InChI is InChI=1S/C20H26N4O5S/c1-4-30(26,27)24-11-16-10-23(12-20(16,13-24)19-21-14(2)22-29-19)18(25)9-15-5-7-17(28-3)8-6-15/h5-8,16H,4,9-13H2,1-3H3/t16-,20-/m0/s1. The van der Waals surface area contributed by atoms with E-state index in [0.717, 1.165) is 11.3 Å². The van der Waals surface area contributed by atoms with Crippen LogP contribution in [0.15, 0.2) is 28.8 Å². The summed E-state index contributed by atoms with van der Waals surface area (Å²) in [6.45, 7) is 4.80. The molecule has 0 bridgehead atoms. The summed E-state index contributed by atoms with van der Waals surface area (Å²) in [5, 5.41) is 3.91. The molecule has 2 aliphatic heterocycles. The molecule has 0 aliphatic carbocycles. The summed E-state index contributed by atoms with van der Waals surface area (Å²) in [7, 11) is -1.74. The first kappa shape index (κ1) is 20.8. The number of rotatable bonds is 6. The maximum atomic E-state index is 13.0. The van der Waals surface area contributed by atoms with Gasteiger partial charge < -0.3 is 14.2 Å². The molecule has 30 heavy (non-hydrogen) atoms. The van der Waals surface area contributed by atoms with E-state index in [9.17, 15) is 13.2 Å². The molecule has 1 amide bonds. The predicted octanol–water partition coefficient (Wildman–Crippen LogP) is 0.991. The van der Waals surface area contributed by atoms with Crippen LogP contribution in [0, 0.1) is 12.8 Å². The Kier molecular flexibility index (Phi) is 5.31. The van der Waals surface area contributed by atoms with Gasteiger partial charge in [-0.2, -0.15) is 4.98 Å². The van der Waals surface area contributed by atoms with Crippen molar-refractivity contribution >= 4 is 15.9 Å². The monoisotopic (exact) mass is 434 g/mol. The summed E-state index contributed by atoms with van der Waals surface area (Å²) < 4.78 is 37.1. The van der Waals surface area contributed by atoms with Crippen molar-refractivity contribution in [3.63, 3.8) is 0 Å².